The van der Waals surface area contributed by atoms with Gasteiger partial charge in [0, 0.05) is 25.3 Å². The number of oxazole rings is 1. The lowest BCUT2D eigenvalue weighted by molar-refractivity contribution is 0.106. The molecule has 0 radical (unpaired) electrons. The zero-order chi connectivity index (χ0) is 16.0. The maximum Gasteiger partial charge on any atom is 0.208 e. The van der Waals surface area contributed by atoms with Crippen LogP contribution in [0.5, 0.6) is 0 Å². The van der Waals surface area contributed by atoms with E-state index < -0.39 is 0 Å². The molecule has 0 unspecified atom stereocenters. The first-order chi connectivity index (χ1) is 11.1. The number of aromatic nitrogens is 3. The second kappa shape index (κ2) is 5.76. The van der Waals surface area contributed by atoms with E-state index in [1.807, 2.05) is 13.1 Å². The Bertz CT molecular complexity index is 669. The van der Waals surface area contributed by atoms with Crippen LogP contribution >= 0.6 is 0 Å². The number of ether oxygens (including phenoxy) is 1. The Kier molecular flexibility index (Phi) is 3.73. The molecule has 1 aliphatic carbocycles. The molecule has 3 heterocycles. The number of H-pyrrole nitrogens is 1. The fraction of sp³-hybridized carbons (Fsp3) is 0.647. The number of hydrogen-bond donors (Lipinski definition) is 1. The Labute approximate surface area is 136 Å². The molecular formula is C17H24N4O2. The van der Waals surface area contributed by atoms with Gasteiger partial charge in [-0.15, -0.1) is 0 Å². The van der Waals surface area contributed by atoms with Crippen LogP contribution < -0.4 is 0 Å². The van der Waals surface area contributed by atoms with Gasteiger partial charge in [0.1, 0.15) is 11.6 Å². The number of likely N-dealkylation sites (tertiary alicyclic amines) is 1. The van der Waals surface area contributed by atoms with Crippen LogP contribution in [0, 0.1) is 13.8 Å². The van der Waals surface area contributed by atoms with Gasteiger partial charge >= 0.3 is 0 Å². The normalized spacial score (nSPS) is 25.3. The van der Waals surface area contributed by atoms with E-state index in [9.17, 15) is 0 Å². The van der Waals surface area contributed by atoms with Gasteiger partial charge in [0.05, 0.1) is 30.6 Å². The minimum absolute atomic E-state index is 0.226. The summed E-state index contributed by atoms with van der Waals surface area (Å²) in [7, 11) is 1.78. The number of hydrogen-bond acceptors (Lipinski definition) is 5. The van der Waals surface area contributed by atoms with E-state index in [4.69, 9.17) is 14.1 Å². The lowest BCUT2D eigenvalue weighted by Gasteiger charge is -2.20. The number of methoxy groups -OCH3 is 1. The molecule has 2 aliphatic rings. The zero-order valence-corrected chi connectivity index (χ0v) is 14.0. The topological polar surface area (TPSA) is 67.2 Å². The second-order valence-electron chi connectivity index (χ2n) is 6.80. The summed E-state index contributed by atoms with van der Waals surface area (Å²) in [5, 5.41) is 0. The molecule has 1 saturated carbocycles. The van der Waals surface area contributed by atoms with Gasteiger partial charge in [0.25, 0.3) is 0 Å². The highest BCUT2D eigenvalue weighted by molar-refractivity contribution is 5.15. The number of aromatic amines is 1. The highest BCUT2D eigenvalue weighted by Crippen LogP contribution is 2.40. The lowest BCUT2D eigenvalue weighted by Crippen LogP contribution is -2.25. The largest absolute Gasteiger partial charge is 0.444 e. The van der Waals surface area contributed by atoms with E-state index in [2.05, 4.69) is 21.8 Å². The minimum Gasteiger partial charge on any atom is -0.444 e. The molecule has 1 aliphatic heterocycles. The first kappa shape index (κ1) is 14.9. The van der Waals surface area contributed by atoms with Crippen molar-refractivity contribution in [2.24, 2.45) is 0 Å². The van der Waals surface area contributed by atoms with Crippen molar-refractivity contribution in [2.75, 3.05) is 13.7 Å². The van der Waals surface area contributed by atoms with Crippen LogP contribution in [0.4, 0.5) is 0 Å². The number of imidazole rings is 1. The molecule has 23 heavy (non-hydrogen) atoms. The summed E-state index contributed by atoms with van der Waals surface area (Å²) in [5.74, 6) is 3.47. The van der Waals surface area contributed by atoms with Gasteiger partial charge in [-0.1, -0.05) is 0 Å². The summed E-state index contributed by atoms with van der Waals surface area (Å²) in [4.78, 5) is 14.9. The van der Waals surface area contributed by atoms with Gasteiger partial charge in [-0.25, -0.2) is 9.97 Å². The van der Waals surface area contributed by atoms with Gasteiger partial charge in [-0.2, -0.15) is 0 Å². The van der Waals surface area contributed by atoms with Crippen molar-refractivity contribution >= 4 is 0 Å². The molecule has 0 amide bonds. The molecule has 2 atom stereocenters. The van der Waals surface area contributed by atoms with Crippen molar-refractivity contribution in [3.63, 3.8) is 0 Å². The number of aryl methyl sites for hydroxylation is 2. The first-order valence-corrected chi connectivity index (χ1v) is 8.38. The molecule has 4 rings (SSSR count). The molecule has 0 aromatic carbocycles. The van der Waals surface area contributed by atoms with Crippen LogP contribution in [0.3, 0.4) is 0 Å². The second-order valence-corrected chi connectivity index (χ2v) is 6.80. The van der Waals surface area contributed by atoms with Crippen molar-refractivity contribution in [3.05, 3.63) is 35.1 Å². The zero-order valence-electron chi connectivity index (χ0n) is 14.0. The molecule has 6 heteroatoms. The highest BCUT2D eigenvalue weighted by atomic mass is 16.5. The summed E-state index contributed by atoms with van der Waals surface area (Å²) >= 11 is 0. The molecule has 1 saturated heterocycles. The summed E-state index contributed by atoms with van der Waals surface area (Å²) in [6, 6.07) is 0.226. The monoisotopic (exact) mass is 316 g/mol. The summed E-state index contributed by atoms with van der Waals surface area (Å²) in [6.07, 6.45) is 5.53. The lowest BCUT2D eigenvalue weighted by atomic mass is 10.2. The SMILES string of the molecule is CO[C@@H]1C[C@@H](c2nc(C)c(C)[nH]2)N(Cc2ncc(C3CC3)o2)C1. The Morgan fingerprint density at radius 3 is 2.87 bits per heavy atom. The van der Waals surface area contributed by atoms with E-state index in [-0.39, 0.29) is 12.1 Å². The van der Waals surface area contributed by atoms with Crippen molar-refractivity contribution in [2.45, 2.75) is 57.7 Å². The van der Waals surface area contributed by atoms with Gasteiger partial charge in [0.15, 0.2) is 0 Å². The predicted molar refractivity (Wildman–Crippen MR) is 85.1 cm³/mol. The maximum atomic E-state index is 5.93. The van der Waals surface area contributed by atoms with Gasteiger partial charge in [-0.05, 0) is 33.1 Å². The van der Waals surface area contributed by atoms with Crippen molar-refractivity contribution in [3.8, 4) is 0 Å². The average molecular weight is 316 g/mol. The molecule has 1 N–H and O–H groups in total. The molecule has 2 fully saturated rings. The molecule has 2 aromatic rings. The van der Waals surface area contributed by atoms with E-state index in [0.717, 1.165) is 41.8 Å². The van der Waals surface area contributed by atoms with Crippen LogP contribution in [0.15, 0.2) is 10.6 Å². The van der Waals surface area contributed by atoms with E-state index in [1.165, 1.54) is 12.8 Å². The van der Waals surface area contributed by atoms with Crippen LogP contribution in [-0.2, 0) is 11.3 Å². The van der Waals surface area contributed by atoms with Crippen LogP contribution in [-0.4, -0.2) is 39.6 Å². The van der Waals surface area contributed by atoms with Crippen molar-refractivity contribution in [1.29, 1.82) is 0 Å². The van der Waals surface area contributed by atoms with Crippen molar-refractivity contribution < 1.29 is 9.15 Å². The van der Waals surface area contributed by atoms with E-state index in [0.29, 0.717) is 12.5 Å². The Hall–Kier alpha value is -1.66. The summed E-state index contributed by atoms with van der Waals surface area (Å²) in [6.45, 7) is 5.69. The quantitative estimate of drug-likeness (QED) is 0.918. The smallest absolute Gasteiger partial charge is 0.208 e. The molecule has 124 valence electrons. The Balaban J connectivity index is 1.53. The predicted octanol–water partition coefficient (Wildman–Crippen LogP) is 2.85. The standard InChI is InChI=1S/C17H24N4O2/c1-10-11(2)20-17(19-10)14-6-13(22-3)8-21(14)9-16-18-7-15(23-16)12-4-5-12/h7,12-14H,4-6,8-9H2,1-3H3,(H,19,20)/t13-,14+/m1/s1. The fourth-order valence-electron chi connectivity index (χ4n) is 3.35. The van der Waals surface area contributed by atoms with Crippen molar-refractivity contribution in [1.82, 2.24) is 19.9 Å². The minimum atomic E-state index is 0.226. The molecule has 2 aromatic heterocycles. The van der Waals surface area contributed by atoms with Gasteiger partial charge in [-0.3, -0.25) is 4.90 Å². The summed E-state index contributed by atoms with van der Waals surface area (Å²) < 4.78 is 11.5. The summed E-state index contributed by atoms with van der Waals surface area (Å²) in [5.41, 5.74) is 2.20. The van der Waals surface area contributed by atoms with Gasteiger partial charge in [0.2, 0.25) is 5.89 Å². The third-order valence-corrected chi connectivity index (χ3v) is 5.05. The number of nitrogens with zero attached hydrogens (tertiary/aromatic N) is 3. The van der Waals surface area contributed by atoms with Crippen LogP contribution in [0.1, 0.15) is 60.1 Å². The molecular weight excluding hydrogens is 292 g/mol. The average Bonchev–Trinajstić information content (AvgIpc) is 3.00. The van der Waals surface area contributed by atoms with Crippen LogP contribution in [0.25, 0.3) is 0 Å². The Morgan fingerprint density at radius 2 is 2.22 bits per heavy atom. The third kappa shape index (κ3) is 2.93. The molecule has 0 bridgehead atoms. The fourth-order valence-corrected chi connectivity index (χ4v) is 3.35. The maximum absolute atomic E-state index is 5.93. The Morgan fingerprint density at radius 1 is 1.39 bits per heavy atom. The van der Waals surface area contributed by atoms with Crippen LogP contribution in [0.2, 0.25) is 0 Å². The van der Waals surface area contributed by atoms with Gasteiger partial charge < -0.3 is 14.1 Å². The third-order valence-electron chi connectivity index (χ3n) is 5.05. The molecule has 0 spiro atoms. The highest BCUT2D eigenvalue weighted by Gasteiger charge is 2.36. The number of rotatable bonds is 5. The first-order valence-electron chi connectivity index (χ1n) is 8.38. The molecule has 6 nitrogen and oxygen atoms in total. The number of nitrogens with one attached hydrogen (secondary N) is 1. The van der Waals surface area contributed by atoms with E-state index in [1.54, 1.807) is 7.11 Å². The van der Waals surface area contributed by atoms with E-state index >= 15 is 0 Å².